The van der Waals surface area contributed by atoms with E-state index in [0.29, 0.717) is 24.1 Å². The Kier molecular flexibility index (Phi) is 6.76. The van der Waals surface area contributed by atoms with E-state index in [1.165, 1.54) is 11.0 Å². The molecule has 2 heterocycles. The number of aromatic nitrogens is 1. The normalized spacial score (nSPS) is 12.1. The van der Waals surface area contributed by atoms with Crippen molar-refractivity contribution in [2.45, 2.75) is 26.9 Å². The summed E-state index contributed by atoms with van der Waals surface area (Å²) in [5, 5.41) is 6.53. The number of carbonyl (C=O) groups is 2. The van der Waals surface area contributed by atoms with Crippen LogP contribution in [-0.4, -0.2) is 35.2 Å². The molecule has 1 N–H and O–H groups in total. The lowest BCUT2D eigenvalue weighted by atomic mass is 10.1. The highest BCUT2D eigenvalue weighted by Crippen LogP contribution is 2.32. The Balaban J connectivity index is 1.41. The Morgan fingerprint density at radius 2 is 1.79 bits per heavy atom. The van der Waals surface area contributed by atoms with Gasteiger partial charge in [0.15, 0.2) is 23.0 Å². The molecule has 178 valence electrons. The Hall–Kier alpha value is -3.95. The Labute approximate surface area is 194 Å². The maximum Gasteiger partial charge on any atom is 0.273 e. The molecular weight excluding hydrogens is 448 g/mol. The fraction of sp³-hybridized carbons (Fsp3) is 0.292. The van der Waals surface area contributed by atoms with E-state index in [9.17, 15) is 18.4 Å². The van der Waals surface area contributed by atoms with Crippen molar-refractivity contribution in [3.8, 4) is 11.5 Å². The molecule has 2 aromatic carbocycles. The molecule has 1 aliphatic rings. The topological polar surface area (TPSA) is 93.9 Å². The summed E-state index contributed by atoms with van der Waals surface area (Å²) < 4.78 is 43.0. The predicted molar refractivity (Wildman–Crippen MR) is 116 cm³/mol. The van der Waals surface area contributed by atoms with Gasteiger partial charge in [-0.1, -0.05) is 25.1 Å². The van der Waals surface area contributed by atoms with Crippen LogP contribution in [0.5, 0.6) is 11.5 Å². The van der Waals surface area contributed by atoms with E-state index in [1.54, 1.807) is 12.1 Å². The molecule has 0 saturated carbocycles. The summed E-state index contributed by atoms with van der Waals surface area (Å²) in [5.41, 5.74) is 0.751. The third-order valence-corrected chi connectivity index (χ3v) is 5.01. The minimum atomic E-state index is -0.839. The first-order valence-corrected chi connectivity index (χ1v) is 10.7. The van der Waals surface area contributed by atoms with E-state index in [0.717, 1.165) is 17.7 Å². The molecule has 0 aliphatic carbocycles. The van der Waals surface area contributed by atoms with Crippen molar-refractivity contribution >= 4 is 11.8 Å². The molecule has 0 saturated heterocycles. The van der Waals surface area contributed by atoms with Crippen molar-refractivity contribution in [1.29, 1.82) is 0 Å². The van der Waals surface area contributed by atoms with E-state index >= 15 is 0 Å². The molecule has 0 fully saturated rings. The zero-order chi connectivity index (χ0) is 24.2. The van der Waals surface area contributed by atoms with Gasteiger partial charge >= 0.3 is 0 Å². The lowest BCUT2D eigenvalue weighted by Crippen LogP contribution is -2.33. The third-order valence-electron chi connectivity index (χ3n) is 5.01. The number of amides is 2. The molecule has 0 unspecified atom stereocenters. The SMILES string of the molecule is CC(C)CN(Cc1cc(C(=O)NCc2ccc3c(c2)OCO3)no1)C(=O)c1cc(F)cc(F)c1. The number of benzene rings is 2. The third kappa shape index (κ3) is 5.51. The monoisotopic (exact) mass is 471 g/mol. The smallest absolute Gasteiger partial charge is 0.273 e. The first-order chi connectivity index (χ1) is 16.3. The van der Waals surface area contributed by atoms with Crippen LogP contribution >= 0.6 is 0 Å². The summed E-state index contributed by atoms with van der Waals surface area (Å²) >= 11 is 0. The number of rotatable bonds is 8. The van der Waals surface area contributed by atoms with Crippen LogP contribution in [-0.2, 0) is 13.1 Å². The minimum absolute atomic E-state index is 0.0163. The number of carbonyl (C=O) groups excluding carboxylic acids is 2. The van der Waals surface area contributed by atoms with Crippen LogP contribution in [0.25, 0.3) is 0 Å². The maximum absolute atomic E-state index is 13.6. The van der Waals surface area contributed by atoms with E-state index in [-0.39, 0.29) is 42.8 Å². The van der Waals surface area contributed by atoms with E-state index < -0.39 is 23.4 Å². The van der Waals surface area contributed by atoms with Gasteiger partial charge in [0.1, 0.15) is 11.6 Å². The molecule has 0 spiro atoms. The number of nitrogens with one attached hydrogen (secondary N) is 1. The first kappa shape index (κ1) is 23.2. The van der Waals surface area contributed by atoms with E-state index in [4.69, 9.17) is 14.0 Å². The fourth-order valence-corrected chi connectivity index (χ4v) is 3.53. The molecule has 4 rings (SSSR count). The van der Waals surface area contributed by atoms with Gasteiger partial charge in [-0.2, -0.15) is 0 Å². The number of nitrogens with zero attached hydrogens (tertiary/aromatic N) is 2. The summed E-state index contributed by atoms with van der Waals surface area (Å²) in [6.07, 6.45) is 0. The van der Waals surface area contributed by atoms with Gasteiger partial charge in [-0.05, 0) is 35.7 Å². The van der Waals surface area contributed by atoms with Gasteiger partial charge in [0.2, 0.25) is 6.79 Å². The number of hydrogen-bond acceptors (Lipinski definition) is 6. The van der Waals surface area contributed by atoms with Crippen molar-refractivity contribution in [2.24, 2.45) is 5.92 Å². The highest BCUT2D eigenvalue weighted by molar-refractivity contribution is 5.94. The fourth-order valence-electron chi connectivity index (χ4n) is 3.53. The maximum atomic E-state index is 13.6. The molecule has 34 heavy (non-hydrogen) atoms. The standard InChI is InChI=1S/C24H23F2N3O5/c1-14(2)11-29(24(31)16-6-17(25)8-18(26)7-16)12-19-9-20(28-34-19)23(30)27-10-15-3-4-21-22(5-15)33-13-32-21/h3-9,14H,10-13H2,1-2H3,(H,27,30). The quantitative estimate of drug-likeness (QED) is 0.536. The highest BCUT2D eigenvalue weighted by Gasteiger charge is 2.22. The van der Waals surface area contributed by atoms with Crippen LogP contribution in [0.1, 0.15) is 46.0 Å². The van der Waals surface area contributed by atoms with Crippen molar-refractivity contribution in [3.63, 3.8) is 0 Å². The van der Waals surface area contributed by atoms with Crippen molar-refractivity contribution in [2.75, 3.05) is 13.3 Å². The van der Waals surface area contributed by atoms with Gasteiger partial charge in [0.05, 0.1) is 6.54 Å². The summed E-state index contributed by atoms with van der Waals surface area (Å²) in [4.78, 5) is 26.8. The van der Waals surface area contributed by atoms with Gasteiger partial charge < -0.3 is 24.2 Å². The second kappa shape index (κ2) is 9.90. The van der Waals surface area contributed by atoms with E-state index in [1.807, 2.05) is 19.9 Å². The zero-order valence-corrected chi connectivity index (χ0v) is 18.6. The number of hydrogen-bond donors (Lipinski definition) is 1. The van der Waals surface area contributed by atoms with Crippen LogP contribution in [0.4, 0.5) is 8.78 Å². The van der Waals surface area contributed by atoms with Crippen LogP contribution in [0.3, 0.4) is 0 Å². The largest absolute Gasteiger partial charge is 0.454 e. The minimum Gasteiger partial charge on any atom is -0.454 e. The Morgan fingerprint density at radius 3 is 2.53 bits per heavy atom. The van der Waals surface area contributed by atoms with Crippen LogP contribution in [0.15, 0.2) is 47.0 Å². The number of halogens is 2. The molecule has 0 radical (unpaired) electrons. The average molecular weight is 471 g/mol. The van der Waals surface area contributed by atoms with Crippen molar-refractivity contribution in [3.05, 3.63) is 76.7 Å². The van der Waals surface area contributed by atoms with Crippen LogP contribution in [0.2, 0.25) is 0 Å². The molecule has 8 nitrogen and oxygen atoms in total. The molecule has 1 aliphatic heterocycles. The van der Waals surface area contributed by atoms with Gasteiger partial charge in [0.25, 0.3) is 11.8 Å². The summed E-state index contributed by atoms with van der Waals surface area (Å²) in [6.45, 7) is 4.50. The number of fused-ring (bicyclic) bond motifs is 1. The molecule has 2 amide bonds. The van der Waals surface area contributed by atoms with Gasteiger partial charge in [-0.15, -0.1) is 0 Å². The highest BCUT2D eigenvalue weighted by atomic mass is 19.1. The summed E-state index contributed by atoms with van der Waals surface area (Å²) in [5.74, 6) is -1.09. The Bertz CT molecular complexity index is 1190. The summed E-state index contributed by atoms with van der Waals surface area (Å²) in [7, 11) is 0. The summed E-state index contributed by atoms with van der Waals surface area (Å²) in [6, 6.07) is 9.45. The van der Waals surface area contributed by atoms with Crippen LogP contribution < -0.4 is 14.8 Å². The molecule has 1 aromatic heterocycles. The van der Waals surface area contributed by atoms with Crippen LogP contribution in [0, 0.1) is 17.6 Å². The number of ether oxygens (including phenoxy) is 2. The molecule has 0 atom stereocenters. The van der Waals surface area contributed by atoms with Gasteiger partial charge in [-0.3, -0.25) is 9.59 Å². The first-order valence-electron chi connectivity index (χ1n) is 10.7. The molecule has 0 bridgehead atoms. The molecular formula is C24H23F2N3O5. The van der Waals surface area contributed by atoms with Gasteiger partial charge in [-0.25, -0.2) is 8.78 Å². The zero-order valence-electron chi connectivity index (χ0n) is 18.6. The van der Waals surface area contributed by atoms with Gasteiger partial charge in [0, 0.05) is 30.8 Å². The molecule has 10 heteroatoms. The predicted octanol–water partition coefficient (Wildman–Crippen LogP) is 3.91. The van der Waals surface area contributed by atoms with Crippen molar-refractivity contribution < 1.29 is 32.4 Å². The van der Waals surface area contributed by atoms with E-state index in [2.05, 4.69) is 10.5 Å². The Morgan fingerprint density at radius 1 is 1.06 bits per heavy atom. The second-order valence-corrected chi connectivity index (χ2v) is 8.29. The average Bonchev–Trinajstić information content (AvgIpc) is 3.44. The molecule has 3 aromatic rings. The lowest BCUT2D eigenvalue weighted by Gasteiger charge is -2.23. The lowest BCUT2D eigenvalue weighted by molar-refractivity contribution is 0.0704. The second-order valence-electron chi connectivity index (χ2n) is 8.29. The van der Waals surface area contributed by atoms with Crippen molar-refractivity contribution in [1.82, 2.24) is 15.4 Å².